The highest BCUT2D eigenvalue weighted by molar-refractivity contribution is 6.43. The maximum absolute atomic E-state index is 12.3. The molecule has 0 fully saturated rings. The van der Waals surface area contributed by atoms with E-state index in [1.807, 2.05) is 19.9 Å². The average molecular weight is 392 g/mol. The lowest BCUT2D eigenvalue weighted by atomic mass is 10.3. The molecule has 134 valence electrons. The van der Waals surface area contributed by atoms with Gasteiger partial charge in [-0.3, -0.25) is 9.59 Å². The summed E-state index contributed by atoms with van der Waals surface area (Å²) >= 11 is 12.0. The van der Waals surface area contributed by atoms with Gasteiger partial charge in [-0.2, -0.15) is 5.10 Å². The van der Waals surface area contributed by atoms with Gasteiger partial charge in [-0.1, -0.05) is 29.3 Å². The summed E-state index contributed by atoms with van der Waals surface area (Å²) in [6.45, 7) is 3.47. The van der Waals surface area contributed by atoms with E-state index in [1.54, 1.807) is 28.9 Å². The molecule has 9 heteroatoms. The molecule has 0 radical (unpaired) electrons. The van der Waals surface area contributed by atoms with Crippen molar-refractivity contribution in [2.24, 2.45) is 0 Å². The number of rotatable bonds is 4. The standard InChI is InChI=1S/C17H15Cl2N5O2/c1-10-8-11(2)24(21-10)14-6-7-16(26)23(22-14)9-15(25)20-13-5-3-4-12(18)17(13)19/h3-8H,9H2,1-2H3,(H,20,25). The molecule has 7 nitrogen and oxygen atoms in total. The first-order chi connectivity index (χ1) is 12.3. The van der Waals surface area contributed by atoms with Crippen molar-refractivity contribution in [2.45, 2.75) is 20.4 Å². The predicted molar refractivity (Wildman–Crippen MR) is 100 cm³/mol. The van der Waals surface area contributed by atoms with Gasteiger partial charge in [-0.05, 0) is 38.1 Å². The van der Waals surface area contributed by atoms with E-state index in [0.717, 1.165) is 16.1 Å². The van der Waals surface area contributed by atoms with E-state index in [-0.39, 0.29) is 11.6 Å². The SMILES string of the molecule is Cc1cc(C)n(-c2ccc(=O)n(CC(=O)Nc3cccc(Cl)c3Cl)n2)n1. The zero-order chi connectivity index (χ0) is 18.8. The molecule has 3 aromatic rings. The van der Waals surface area contributed by atoms with E-state index in [0.29, 0.717) is 16.5 Å². The maximum atomic E-state index is 12.3. The number of nitrogens with one attached hydrogen (secondary N) is 1. The third-order valence-electron chi connectivity index (χ3n) is 3.60. The van der Waals surface area contributed by atoms with Crippen molar-refractivity contribution in [1.82, 2.24) is 19.6 Å². The third-order valence-corrected chi connectivity index (χ3v) is 4.42. The highest BCUT2D eigenvalue weighted by atomic mass is 35.5. The minimum absolute atomic E-state index is 0.235. The van der Waals surface area contributed by atoms with Crippen LogP contribution in [0.2, 0.25) is 10.0 Å². The Kier molecular flexibility index (Phi) is 5.11. The average Bonchev–Trinajstić information content (AvgIpc) is 2.92. The van der Waals surface area contributed by atoms with Gasteiger partial charge >= 0.3 is 0 Å². The first kappa shape index (κ1) is 18.2. The Morgan fingerprint density at radius 3 is 2.62 bits per heavy atom. The van der Waals surface area contributed by atoms with Crippen LogP contribution in [0.4, 0.5) is 5.69 Å². The molecule has 0 spiro atoms. The number of hydrogen-bond acceptors (Lipinski definition) is 4. The lowest BCUT2D eigenvalue weighted by Gasteiger charge is -2.10. The van der Waals surface area contributed by atoms with Gasteiger partial charge in [0.15, 0.2) is 5.82 Å². The largest absolute Gasteiger partial charge is 0.323 e. The lowest BCUT2D eigenvalue weighted by Crippen LogP contribution is -2.30. The molecule has 1 amide bonds. The van der Waals surface area contributed by atoms with E-state index in [1.165, 1.54) is 6.07 Å². The molecule has 2 aromatic heterocycles. The highest BCUT2D eigenvalue weighted by Crippen LogP contribution is 2.29. The van der Waals surface area contributed by atoms with Crippen LogP contribution in [0.25, 0.3) is 5.82 Å². The molecule has 0 aliphatic rings. The molecule has 0 atom stereocenters. The number of carbonyl (C=O) groups excluding carboxylic acids is 1. The minimum Gasteiger partial charge on any atom is -0.323 e. The molecular formula is C17H15Cl2N5O2. The fourth-order valence-electron chi connectivity index (χ4n) is 2.45. The van der Waals surface area contributed by atoms with Crippen LogP contribution in [0, 0.1) is 13.8 Å². The number of amides is 1. The smallest absolute Gasteiger partial charge is 0.267 e. The van der Waals surface area contributed by atoms with Crippen LogP contribution in [-0.4, -0.2) is 25.5 Å². The van der Waals surface area contributed by atoms with Crippen LogP contribution in [0.5, 0.6) is 0 Å². The zero-order valence-electron chi connectivity index (χ0n) is 14.0. The number of hydrogen-bond donors (Lipinski definition) is 1. The normalized spacial score (nSPS) is 10.8. The molecule has 0 saturated carbocycles. The second kappa shape index (κ2) is 7.31. The minimum atomic E-state index is -0.450. The Morgan fingerprint density at radius 2 is 1.92 bits per heavy atom. The van der Waals surface area contributed by atoms with Crippen LogP contribution >= 0.6 is 23.2 Å². The summed E-state index contributed by atoms with van der Waals surface area (Å²) < 4.78 is 2.68. The topological polar surface area (TPSA) is 81.8 Å². The van der Waals surface area contributed by atoms with Gasteiger partial charge in [0.2, 0.25) is 5.91 Å². The summed E-state index contributed by atoms with van der Waals surface area (Å²) in [4.78, 5) is 24.3. The Bertz CT molecular complexity index is 1040. The van der Waals surface area contributed by atoms with Crippen molar-refractivity contribution in [2.75, 3.05) is 5.32 Å². The van der Waals surface area contributed by atoms with Gasteiger partial charge in [0, 0.05) is 11.8 Å². The van der Waals surface area contributed by atoms with Crippen molar-refractivity contribution >= 4 is 34.8 Å². The van der Waals surface area contributed by atoms with Crippen molar-refractivity contribution < 1.29 is 4.79 Å². The Morgan fingerprint density at radius 1 is 1.15 bits per heavy atom. The van der Waals surface area contributed by atoms with Gasteiger partial charge < -0.3 is 5.32 Å². The monoisotopic (exact) mass is 391 g/mol. The van der Waals surface area contributed by atoms with Crippen molar-refractivity contribution in [1.29, 1.82) is 0 Å². The molecule has 26 heavy (non-hydrogen) atoms. The fourth-order valence-corrected chi connectivity index (χ4v) is 2.80. The summed E-state index contributed by atoms with van der Waals surface area (Å²) in [6.07, 6.45) is 0. The first-order valence-electron chi connectivity index (χ1n) is 7.71. The molecule has 0 saturated heterocycles. The number of carbonyl (C=O) groups is 1. The number of aryl methyl sites for hydroxylation is 2. The van der Waals surface area contributed by atoms with Crippen LogP contribution in [0.1, 0.15) is 11.4 Å². The van der Waals surface area contributed by atoms with Crippen molar-refractivity contribution in [3.63, 3.8) is 0 Å². The number of anilines is 1. The van der Waals surface area contributed by atoms with E-state index in [2.05, 4.69) is 15.5 Å². The second-order valence-corrected chi connectivity index (χ2v) is 6.46. The maximum Gasteiger partial charge on any atom is 0.267 e. The van der Waals surface area contributed by atoms with Gasteiger partial charge in [0.05, 0.1) is 21.4 Å². The quantitative estimate of drug-likeness (QED) is 0.740. The van der Waals surface area contributed by atoms with Gasteiger partial charge in [-0.15, -0.1) is 5.10 Å². The predicted octanol–water partition coefficient (Wildman–Crippen LogP) is 2.99. The summed E-state index contributed by atoms with van der Waals surface area (Å²) in [5, 5.41) is 11.7. The molecule has 0 aliphatic heterocycles. The molecule has 1 aromatic carbocycles. The number of nitrogens with zero attached hydrogens (tertiary/aromatic N) is 4. The third kappa shape index (κ3) is 3.79. The van der Waals surface area contributed by atoms with Crippen molar-refractivity contribution in [3.05, 3.63) is 68.2 Å². The molecule has 1 N–H and O–H groups in total. The summed E-state index contributed by atoms with van der Waals surface area (Å²) in [6, 6.07) is 9.70. The first-order valence-corrected chi connectivity index (χ1v) is 8.46. The lowest BCUT2D eigenvalue weighted by molar-refractivity contribution is -0.117. The summed E-state index contributed by atoms with van der Waals surface area (Å²) in [5.41, 5.74) is 1.67. The van der Waals surface area contributed by atoms with Gasteiger partial charge in [-0.25, -0.2) is 9.36 Å². The molecule has 3 rings (SSSR count). The number of aromatic nitrogens is 4. The Balaban J connectivity index is 1.84. The van der Waals surface area contributed by atoms with Gasteiger partial charge in [0.25, 0.3) is 5.56 Å². The summed E-state index contributed by atoms with van der Waals surface area (Å²) in [5.74, 6) is -0.00178. The van der Waals surface area contributed by atoms with Crippen molar-refractivity contribution in [3.8, 4) is 5.82 Å². The number of halogens is 2. The van der Waals surface area contributed by atoms with E-state index >= 15 is 0 Å². The van der Waals surface area contributed by atoms with Crippen LogP contribution in [-0.2, 0) is 11.3 Å². The molecule has 0 bridgehead atoms. The summed E-state index contributed by atoms with van der Waals surface area (Å²) in [7, 11) is 0. The molecule has 0 aliphatic carbocycles. The van der Waals surface area contributed by atoms with Crippen LogP contribution in [0.15, 0.2) is 41.2 Å². The van der Waals surface area contributed by atoms with E-state index in [9.17, 15) is 9.59 Å². The van der Waals surface area contributed by atoms with Crippen LogP contribution < -0.4 is 10.9 Å². The van der Waals surface area contributed by atoms with E-state index in [4.69, 9.17) is 23.2 Å². The van der Waals surface area contributed by atoms with Gasteiger partial charge in [0.1, 0.15) is 6.54 Å². The Labute approximate surface area is 159 Å². The zero-order valence-corrected chi connectivity index (χ0v) is 15.5. The fraction of sp³-hybridized carbons (Fsp3) is 0.176. The highest BCUT2D eigenvalue weighted by Gasteiger charge is 2.12. The van der Waals surface area contributed by atoms with E-state index < -0.39 is 11.5 Å². The second-order valence-electron chi connectivity index (χ2n) is 5.68. The molecule has 0 unspecified atom stereocenters. The number of benzene rings is 1. The van der Waals surface area contributed by atoms with Crippen LogP contribution in [0.3, 0.4) is 0 Å². The molecular weight excluding hydrogens is 377 g/mol. The Hall–Kier alpha value is -2.64. The molecule has 2 heterocycles.